The van der Waals surface area contributed by atoms with Gasteiger partial charge in [0.15, 0.2) is 0 Å². The van der Waals surface area contributed by atoms with E-state index in [1.807, 2.05) is 0 Å². The van der Waals surface area contributed by atoms with E-state index in [2.05, 4.69) is 0 Å². The summed E-state index contributed by atoms with van der Waals surface area (Å²) in [4.78, 5) is 0. The van der Waals surface area contributed by atoms with Gasteiger partial charge in [0, 0.05) is 18.1 Å². The molecule has 2 nitrogen and oxygen atoms in total. The summed E-state index contributed by atoms with van der Waals surface area (Å²) in [6, 6.07) is 7.58. The van der Waals surface area contributed by atoms with Crippen LogP contribution in [-0.2, 0) is 6.42 Å². The van der Waals surface area contributed by atoms with Crippen molar-refractivity contribution >= 4 is 0 Å². The van der Waals surface area contributed by atoms with Crippen LogP contribution in [0.4, 0.5) is 13.2 Å². The Kier molecular flexibility index (Phi) is 3.94. The summed E-state index contributed by atoms with van der Waals surface area (Å²) in [6.45, 7) is 0. The molecule has 5 heteroatoms. The Bertz CT molecular complexity index is 669. The smallest absolute Gasteiger partial charge is 0.130 e. The van der Waals surface area contributed by atoms with Crippen molar-refractivity contribution in [3.05, 3.63) is 64.5 Å². The molecule has 0 bridgehead atoms. The van der Waals surface area contributed by atoms with Crippen molar-refractivity contribution in [2.24, 2.45) is 0 Å². The third kappa shape index (κ3) is 2.75. The van der Waals surface area contributed by atoms with Gasteiger partial charge in [0.2, 0.25) is 0 Å². The number of ether oxygens (including phenoxy) is 1. The number of nitrogens with zero attached hydrogens (tertiary/aromatic N) is 1. The van der Waals surface area contributed by atoms with Crippen molar-refractivity contribution in [2.75, 3.05) is 7.11 Å². The molecule has 0 N–H and O–H groups in total. The molecule has 2 aromatic rings. The minimum absolute atomic E-state index is 0.112. The largest absolute Gasteiger partial charge is 0.497 e. The van der Waals surface area contributed by atoms with Crippen LogP contribution < -0.4 is 4.74 Å². The van der Waals surface area contributed by atoms with Gasteiger partial charge >= 0.3 is 0 Å². The van der Waals surface area contributed by atoms with Crippen molar-refractivity contribution in [1.82, 2.24) is 0 Å². The molecule has 0 radical (unpaired) electrons. The number of rotatable bonds is 3. The lowest BCUT2D eigenvalue weighted by Crippen LogP contribution is -2.01. The first kappa shape index (κ1) is 13.9. The van der Waals surface area contributed by atoms with Crippen LogP contribution in [0, 0.1) is 28.8 Å². The number of hydrogen-bond donors (Lipinski definition) is 0. The standard InChI is InChI=1S/C15H10F3NO/c1-20-11-3-2-10(13(16)7-11)6-12-14(17)4-9(8-19)5-15(12)18/h2-5,7H,6H2,1H3. The summed E-state index contributed by atoms with van der Waals surface area (Å²) in [5, 5.41) is 8.61. The number of methoxy groups -OCH3 is 1. The summed E-state index contributed by atoms with van der Waals surface area (Å²) in [6.07, 6.45) is -0.237. The van der Waals surface area contributed by atoms with Gasteiger partial charge in [-0.15, -0.1) is 0 Å². The first-order valence-electron chi connectivity index (χ1n) is 5.75. The van der Waals surface area contributed by atoms with Gasteiger partial charge in [0.05, 0.1) is 18.7 Å². The average Bonchev–Trinajstić information content (AvgIpc) is 2.43. The predicted octanol–water partition coefficient (Wildman–Crippen LogP) is 3.57. The highest BCUT2D eigenvalue weighted by Crippen LogP contribution is 2.23. The Morgan fingerprint density at radius 3 is 2.20 bits per heavy atom. The molecule has 0 fully saturated rings. The summed E-state index contributed by atoms with van der Waals surface area (Å²) < 4.78 is 46.1. The third-order valence-corrected chi connectivity index (χ3v) is 2.90. The highest BCUT2D eigenvalue weighted by molar-refractivity contribution is 5.38. The monoisotopic (exact) mass is 277 g/mol. The first-order chi connectivity index (χ1) is 9.55. The molecule has 20 heavy (non-hydrogen) atoms. The quantitative estimate of drug-likeness (QED) is 0.859. The third-order valence-electron chi connectivity index (χ3n) is 2.90. The van der Waals surface area contributed by atoms with E-state index in [0.29, 0.717) is 5.75 Å². The Balaban J connectivity index is 2.38. The van der Waals surface area contributed by atoms with E-state index in [4.69, 9.17) is 10.00 Å². The van der Waals surface area contributed by atoms with E-state index < -0.39 is 17.5 Å². The van der Waals surface area contributed by atoms with Crippen LogP contribution in [0.25, 0.3) is 0 Å². The second-order valence-corrected chi connectivity index (χ2v) is 4.16. The van der Waals surface area contributed by atoms with Crippen molar-refractivity contribution in [3.63, 3.8) is 0 Å². The summed E-state index contributed by atoms with van der Waals surface area (Å²) in [5.74, 6) is -2.01. The lowest BCUT2D eigenvalue weighted by atomic mass is 10.0. The van der Waals surface area contributed by atoms with Crippen LogP contribution in [0.1, 0.15) is 16.7 Å². The van der Waals surface area contributed by atoms with E-state index in [1.54, 1.807) is 6.07 Å². The highest BCUT2D eigenvalue weighted by Gasteiger charge is 2.14. The molecule has 0 aliphatic rings. The van der Waals surface area contributed by atoms with Crippen molar-refractivity contribution < 1.29 is 17.9 Å². The first-order valence-corrected chi connectivity index (χ1v) is 5.75. The molecule has 0 aliphatic carbocycles. The molecule has 0 saturated heterocycles. The van der Waals surface area contributed by atoms with Crippen LogP contribution in [0.5, 0.6) is 5.75 Å². The van der Waals surface area contributed by atoms with E-state index in [-0.39, 0.29) is 23.1 Å². The van der Waals surface area contributed by atoms with Gasteiger partial charge in [-0.1, -0.05) is 6.07 Å². The molecular weight excluding hydrogens is 267 g/mol. The van der Waals surface area contributed by atoms with Gasteiger partial charge in [0.25, 0.3) is 0 Å². The molecule has 0 unspecified atom stereocenters. The van der Waals surface area contributed by atoms with Gasteiger partial charge in [0.1, 0.15) is 23.2 Å². The highest BCUT2D eigenvalue weighted by atomic mass is 19.1. The van der Waals surface area contributed by atoms with Crippen molar-refractivity contribution in [3.8, 4) is 11.8 Å². The van der Waals surface area contributed by atoms with Gasteiger partial charge in [-0.05, 0) is 23.8 Å². The zero-order valence-corrected chi connectivity index (χ0v) is 10.6. The fourth-order valence-electron chi connectivity index (χ4n) is 1.83. The maximum Gasteiger partial charge on any atom is 0.130 e. The zero-order valence-electron chi connectivity index (χ0n) is 10.6. The molecule has 0 aromatic heterocycles. The van der Waals surface area contributed by atoms with Crippen LogP contribution in [0.15, 0.2) is 30.3 Å². The number of benzene rings is 2. The average molecular weight is 277 g/mol. The molecule has 2 rings (SSSR count). The fraction of sp³-hybridized carbons (Fsp3) is 0.133. The Labute approximate surface area is 114 Å². The molecule has 2 aromatic carbocycles. The van der Waals surface area contributed by atoms with E-state index in [0.717, 1.165) is 18.2 Å². The Hall–Kier alpha value is -2.48. The molecule has 0 amide bonds. The van der Waals surface area contributed by atoms with Crippen LogP contribution in [0.2, 0.25) is 0 Å². The summed E-state index contributed by atoms with van der Waals surface area (Å²) in [5.41, 5.74) is -0.236. The minimum Gasteiger partial charge on any atom is -0.497 e. The topological polar surface area (TPSA) is 33.0 Å². The number of hydrogen-bond acceptors (Lipinski definition) is 2. The molecule has 0 saturated carbocycles. The summed E-state index contributed by atoms with van der Waals surface area (Å²) >= 11 is 0. The molecule has 102 valence electrons. The minimum atomic E-state index is -0.864. The second-order valence-electron chi connectivity index (χ2n) is 4.16. The normalized spacial score (nSPS) is 10.2. The lowest BCUT2D eigenvalue weighted by molar-refractivity contribution is 0.410. The van der Waals surface area contributed by atoms with E-state index in [9.17, 15) is 13.2 Å². The molecule has 0 atom stereocenters. The Morgan fingerprint density at radius 2 is 1.70 bits per heavy atom. The molecular formula is C15H10F3NO. The van der Waals surface area contributed by atoms with Gasteiger partial charge in [-0.25, -0.2) is 13.2 Å². The van der Waals surface area contributed by atoms with Crippen LogP contribution in [-0.4, -0.2) is 7.11 Å². The lowest BCUT2D eigenvalue weighted by Gasteiger charge is -2.08. The maximum atomic E-state index is 13.8. The SMILES string of the molecule is COc1ccc(Cc2c(F)cc(C#N)cc2F)c(F)c1. The second kappa shape index (κ2) is 5.66. The van der Waals surface area contributed by atoms with E-state index >= 15 is 0 Å². The van der Waals surface area contributed by atoms with Gasteiger partial charge in [-0.3, -0.25) is 0 Å². The van der Waals surface area contributed by atoms with Crippen molar-refractivity contribution in [1.29, 1.82) is 5.26 Å². The van der Waals surface area contributed by atoms with Gasteiger partial charge in [-0.2, -0.15) is 5.26 Å². The molecule has 0 heterocycles. The number of halogens is 3. The van der Waals surface area contributed by atoms with Crippen molar-refractivity contribution in [2.45, 2.75) is 6.42 Å². The van der Waals surface area contributed by atoms with Crippen LogP contribution in [0.3, 0.4) is 0 Å². The fourth-order valence-corrected chi connectivity index (χ4v) is 1.83. The predicted molar refractivity (Wildman–Crippen MR) is 66.8 cm³/mol. The molecule has 0 spiro atoms. The van der Waals surface area contributed by atoms with E-state index in [1.165, 1.54) is 19.2 Å². The number of nitriles is 1. The zero-order chi connectivity index (χ0) is 14.7. The van der Waals surface area contributed by atoms with Crippen LogP contribution >= 0.6 is 0 Å². The molecule has 0 aliphatic heterocycles. The van der Waals surface area contributed by atoms with Gasteiger partial charge < -0.3 is 4.74 Å². The maximum absolute atomic E-state index is 13.8. The Morgan fingerprint density at radius 1 is 1.05 bits per heavy atom. The summed E-state index contributed by atoms with van der Waals surface area (Å²) in [7, 11) is 1.40.